The molecule has 2 aliphatic rings. The fourth-order valence-corrected chi connectivity index (χ4v) is 6.82. The van der Waals surface area contributed by atoms with Crippen LogP contribution in [0.1, 0.15) is 40.9 Å². The van der Waals surface area contributed by atoms with E-state index in [4.69, 9.17) is 23.7 Å². The number of ether oxygens (including phenoxy) is 5. The van der Waals surface area contributed by atoms with Crippen molar-refractivity contribution in [3.05, 3.63) is 125 Å². The maximum Gasteiger partial charge on any atom is 0.340 e. The first-order chi connectivity index (χ1) is 23.0. The van der Waals surface area contributed by atoms with Crippen molar-refractivity contribution in [2.24, 2.45) is 0 Å². The summed E-state index contributed by atoms with van der Waals surface area (Å²) in [4.78, 5) is 17.9. The zero-order valence-electron chi connectivity index (χ0n) is 27.1. The molecule has 0 amide bonds. The van der Waals surface area contributed by atoms with Crippen LogP contribution in [0.4, 0.5) is 22.7 Å². The highest BCUT2D eigenvalue weighted by molar-refractivity contribution is 5.97. The Morgan fingerprint density at radius 1 is 0.617 bits per heavy atom. The second kappa shape index (κ2) is 11.9. The Bertz CT molecular complexity index is 1940. The van der Waals surface area contributed by atoms with E-state index in [-0.39, 0.29) is 0 Å². The second-order valence-corrected chi connectivity index (χ2v) is 11.3. The summed E-state index contributed by atoms with van der Waals surface area (Å²) in [5, 5.41) is 0. The predicted molar refractivity (Wildman–Crippen MR) is 183 cm³/mol. The van der Waals surface area contributed by atoms with Crippen LogP contribution in [0.5, 0.6) is 28.7 Å². The zero-order valence-corrected chi connectivity index (χ0v) is 27.1. The van der Waals surface area contributed by atoms with Gasteiger partial charge in [-0.25, -0.2) is 4.79 Å². The van der Waals surface area contributed by atoms with Gasteiger partial charge < -0.3 is 28.6 Å². The van der Waals surface area contributed by atoms with E-state index < -0.39 is 11.6 Å². The van der Waals surface area contributed by atoms with E-state index in [0.29, 0.717) is 45.6 Å². The Balaban J connectivity index is 1.54. The van der Waals surface area contributed by atoms with Gasteiger partial charge in [-0.05, 0) is 62.4 Å². The lowest BCUT2D eigenvalue weighted by molar-refractivity contribution is 0.0224. The maximum atomic E-state index is 13.6. The van der Waals surface area contributed by atoms with Crippen molar-refractivity contribution in [2.75, 3.05) is 44.2 Å². The molecule has 1 unspecified atom stereocenters. The van der Waals surface area contributed by atoms with Crippen molar-refractivity contribution in [3.63, 3.8) is 0 Å². The third-order valence-electron chi connectivity index (χ3n) is 9.02. The smallest absolute Gasteiger partial charge is 0.340 e. The molecule has 0 radical (unpaired) electrons. The number of hydrogen-bond acceptors (Lipinski definition) is 8. The minimum atomic E-state index is -1.27. The summed E-state index contributed by atoms with van der Waals surface area (Å²) >= 11 is 0. The predicted octanol–water partition coefficient (Wildman–Crippen LogP) is 8.60. The number of benzene rings is 5. The molecule has 2 aliphatic heterocycles. The molecule has 5 aromatic rings. The fourth-order valence-electron chi connectivity index (χ4n) is 6.82. The molecule has 0 bridgehead atoms. The molecule has 2 heterocycles. The van der Waals surface area contributed by atoms with Crippen LogP contribution in [0, 0.1) is 0 Å². The Morgan fingerprint density at radius 2 is 1.21 bits per heavy atom. The third-order valence-corrected chi connectivity index (χ3v) is 9.02. The molecule has 5 aromatic carbocycles. The van der Waals surface area contributed by atoms with Crippen LogP contribution in [0.2, 0.25) is 0 Å². The van der Waals surface area contributed by atoms with Gasteiger partial charge in [-0.2, -0.15) is 0 Å². The van der Waals surface area contributed by atoms with Gasteiger partial charge in [-0.3, -0.25) is 4.90 Å². The Labute approximate surface area is 274 Å². The molecular weight excluding hydrogens is 592 g/mol. The highest BCUT2D eigenvalue weighted by atomic mass is 16.6. The molecule has 1 atom stereocenters. The molecule has 0 N–H and O–H groups in total. The minimum Gasteiger partial charge on any atom is -0.495 e. The minimum absolute atomic E-state index is 0.393. The number of carbonyl (C=O) groups excluding carboxylic acids is 1. The van der Waals surface area contributed by atoms with E-state index in [0.717, 1.165) is 41.3 Å². The van der Waals surface area contributed by atoms with Gasteiger partial charge in [0.2, 0.25) is 0 Å². The molecule has 0 saturated heterocycles. The summed E-state index contributed by atoms with van der Waals surface area (Å²) in [5.41, 5.74) is 4.63. The number of nitrogens with zero attached hydrogens (tertiary/aromatic N) is 2. The van der Waals surface area contributed by atoms with Crippen LogP contribution in [-0.2, 0) is 10.3 Å². The van der Waals surface area contributed by atoms with Crippen LogP contribution < -0.4 is 28.7 Å². The van der Waals surface area contributed by atoms with Gasteiger partial charge in [0.25, 0.3) is 0 Å². The van der Waals surface area contributed by atoms with Crippen molar-refractivity contribution < 1.29 is 28.5 Å². The molecule has 7 rings (SSSR count). The number of methoxy groups -OCH3 is 3. The van der Waals surface area contributed by atoms with Crippen LogP contribution in [0.3, 0.4) is 0 Å². The average Bonchev–Trinajstić information content (AvgIpc) is 3.41. The molecule has 47 heavy (non-hydrogen) atoms. The first kappa shape index (κ1) is 30.0. The molecule has 0 saturated carbocycles. The summed E-state index contributed by atoms with van der Waals surface area (Å²) in [6.07, 6.45) is 0. The number of carbonyl (C=O) groups is 1. The number of para-hydroxylation sites is 4. The Kier molecular flexibility index (Phi) is 7.64. The molecule has 0 aliphatic carbocycles. The average molecular weight is 629 g/mol. The highest BCUT2D eigenvalue weighted by Gasteiger charge is 2.54. The summed E-state index contributed by atoms with van der Waals surface area (Å²) in [6, 6.07) is 33.1. The number of anilines is 4. The van der Waals surface area contributed by atoms with Gasteiger partial charge in [-0.15, -0.1) is 0 Å². The lowest BCUT2D eigenvalue weighted by Crippen LogP contribution is -2.33. The standard InChI is InChI=1S/C39H36N2O6/c1-6-40(7-2)25-20-21-28-35(22-25)46-36-24-37(45-5)32(23-29(36)39(28)27-15-9-8-14-26(27)38(42)47-39)41(30-16-10-12-18-33(30)43-3)31-17-11-13-19-34(31)44-4/h8-24H,6-7H2,1-5H3. The van der Waals surface area contributed by atoms with Crippen LogP contribution in [0.25, 0.3) is 0 Å². The Hall–Kier alpha value is -5.63. The van der Waals surface area contributed by atoms with E-state index in [9.17, 15) is 4.79 Å². The van der Waals surface area contributed by atoms with Crippen molar-refractivity contribution in [1.29, 1.82) is 0 Å². The van der Waals surface area contributed by atoms with Gasteiger partial charge in [0.15, 0.2) is 5.60 Å². The summed E-state index contributed by atoms with van der Waals surface area (Å²) in [7, 11) is 4.92. The van der Waals surface area contributed by atoms with E-state index in [1.165, 1.54) is 0 Å². The SMILES string of the molecule is CCN(CC)c1ccc2c(c1)Oc1cc(OC)c(N(c3ccccc3OC)c3ccccc3OC)cc1C21OC(=O)c2ccccc21. The van der Waals surface area contributed by atoms with Crippen molar-refractivity contribution >= 4 is 28.7 Å². The van der Waals surface area contributed by atoms with Gasteiger partial charge >= 0.3 is 5.97 Å². The first-order valence-corrected chi connectivity index (χ1v) is 15.7. The van der Waals surface area contributed by atoms with E-state index in [1.54, 1.807) is 21.3 Å². The molecule has 1 spiro atoms. The zero-order chi connectivity index (χ0) is 32.7. The summed E-state index contributed by atoms with van der Waals surface area (Å²) in [6.45, 7) is 5.93. The molecule has 238 valence electrons. The highest BCUT2D eigenvalue weighted by Crippen LogP contribution is 2.59. The third kappa shape index (κ3) is 4.62. The number of fused-ring (bicyclic) bond motifs is 6. The van der Waals surface area contributed by atoms with Gasteiger partial charge in [0.05, 0.1) is 44.0 Å². The topological polar surface area (TPSA) is 69.7 Å². The fraction of sp³-hybridized carbons (Fsp3) is 0.205. The van der Waals surface area contributed by atoms with Gasteiger partial charge in [0.1, 0.15) is 28.7 Å². The van der Waals surface area contributed by atoms with Crippen molar-refractivity contribution in [2.45, 2.75) is 19.4 Å². The van der Waals surface area contributed by atoms with Crippen LogP contribution >= 0.6 is 0 Å². The van der Waals surface area contributed by atoms with Gasteiger partial charge in [0, 0.05) is 47.6 Å². The van der Waals surface area contributed by atoms with Crippen LogP contribution in [-0.4, -0.2) is 40.4 Å². The lowest BCUT2D eigenvalue weighted by atomic mass is 9.77. The quantitative estimate of drug-likeness (QED) is 0.150. The number of esters is 1. The molecule has 8 nitrogen and oxygen atoms in total. The van der Waals surface area contributed by atoms with E-state index in [1.807, 2.05) is 102 Å². The van der Waals surface area contributed by atoms with E-state index in [2.05, 4.69) is 24.8 Å². The first-order valence-electron chi connectivity index (χ1n) is 15.7. The number of rotatable bonds is 9. The van der Waals surface area contributed by atoms with E-state index >= 15 is 0 Å². The van der Waals surface area contributed by atoms with Crippen molar-refractivity contribution in [1.82, 2.24) is 0 Å². The second-order valence-electron chi connectivity index (χ2n) is 11.3. The normalized spacial score (nSPS) is 15.6. The van der Waals surface area contributed by atoms with Crippen molar-refractivity contribution in [3.8, 4) is 28.7 Å². The Morgan fingerprint density at radius 3 is 1.85 bits per heavy atom. The number of hydrogen-bond donors (Lipinski definition) is 0. The molecule has 0 aromatic heterocycles. The molecule has 0 fully saturated rings. The summed E-state index contributed by atoms with van der Waals surface area (Å²) < 4.78 is 31.0. The molecular formula is C39H36N2O6. The molecule has 8 heteroatoms. The largest absolute Gasteiger partial charge is 0.495 e. The van der Waals surface area contributed by atoms with Crippen LogP contribution in [0.15, 0.2) is 103 Å². The monoisotopic (exact) mass is 628 g/mol. The maximum absolute atomic E-state index is 13.6. The van der Waals surface area contributed by atoms with Gasteiger partial charge in [-0.1, -0.05) is 42.5 Å². The lowest BCUT2D eigenvalue weighted by Gasteiger charge is -2.38. The summed E-state index contributed by atoms with van der Waals surface area (Å²) in [5.74, 6) is 2.59.